The van der Waals surface area contributed by atoms with Gasteiger partial charge in [0.1, 0.15) is 17.2 Å². The smallest absolute Gasteiger partial charge is 0.143 e. The molecule has 1 aromatic carbocycles. The molecule has 0 saturated heterocycles. The highest BCUT2D eigenvalue weighted by molar-refractivity contribution is 5.83. The van der Waals surface area contributed by atoms with E-state index in [2.05, 4.69) is 4.98 Å². The van der Waals surface area contributed by atoms with Crippen LogP contribution in [0.15, 0.2) is 48.8 Å². The Hall–Kier alpha value is -2.49. The van der Waals surface area contributed by atoms with E-state index < -0.39 is 0 Å². The van der Waals surface area contributed by atoms with Crippen LogP contribution in [0.25, 0.3) is 5.65 Å². The summed E-state index contributed by atoms with van der Waals surface area (Å²) in [6, 6.07) is 10.6. The van der Waals surface area contributed by atoms with Gasteiger partial charge in [0, 0.05) is 30.9 Å². The molecular formula is C17H15FN2O. The number of aromatic nitrogens is 2. The maximum absolute atomic E-state index is 13.5. The van der Waals surface area contributed by atoms with Gasteiger partial charge in [0.05, 0.1) is 0 Å². The molecule has 0 N–H and O–H groups in total. The van der Waals surface area contributed by atoms with E-state index in [-0.39, 0.29) is 18.0 Å². The Bertz CT molecular complexity index is 807. The summed E-state index contributed by atoms with van der Waals surface area (Å²) < 4.78 is 15.4. The first-order valence-corrected chi connectivity index (χ1v) is 6.81. The molecule has 0 atom stereocenters. The van der Waals surface area contributed by atoms with Gasteiger partial charge in [-0.3, -0.25) is 4.79 Å². The maximum Gasteiger partial charge on any atom is 0.143 e. The molecule has 3 nitrogen and oxygen atoms in total. The Morgan fingerprint density at radius 2 is 2.10 bits per heavy atom. The van der Waals surface area contributed by atoms with Crippen LogP contribution in [0.5, 0.6) is 0 Å². The lowest BCUT2D eigenvalue weighted by atomic mass is 10.0. The minimum absolute atomic E-state index is 0.0550. The molecule has 0 unspecified atom stereocenters. The summed E-state index contributed by atoms with van der Waals surface area (Å²) in [6.45, 7) is 1.71. The van der Waals surface area contributed by atoms with Crippen molar-refractivity contribution in [2.24, 2.45) is 0 Å². The number of Topliss-reactive ketones (excluding diaryl/α,β-unsaturated/α-hetero) is 1. The Balaban J connectivity index is 1.77. The average Bonchev–Trinajstić information content (AvgIpc) is 2.92. The van der Waals surface area contributed by atoms with Crippen molar-refractivity contribution in [1.82, 2.24) is 9.38 Å². The Morgan fingerprint density at radius 1 is 1.24 bits per heavy atom. The standard InChI is InChI=1S/C17H15FN2O/c1-12-5-6-13(10-16(12)18)9-15(21)11-14-3-2-4-17-19-7-8-20(14)17/h2-8,10H,9,11H2,1H3. The fraction of sp³-hybridized carbons (Fsp3) is 0.176. The number of carbonyl (C=O) groups excluding carboxylic acids is 1. The van der Waals surface area contributed by atoms with Crippen molar-refractivity contribution in [2.45, 2.75) is 19.8 Å². The average molecular weight is 282 g/mol. The van der Waals surface area contributed by atoms with Gasteiger partial charge in [0.15, 0.2) is 0 Å². The second kappa shape index (κ2) is 5.48. The number of hydrogen-bond acceptors (Lipinski definition) is 2. The number of hydrogen-bond donors (Lipinski definition) is 0. The maximum atomic E-state index is 13.5. The molecule has 4 heteroatoms. The summed E-state index contributed by atoms with van der Waals surface area (Å²) in [5.74, 6) is -0.212. The third-order valence-corrected chi connectivity index (χ3v) is 3.53. The molecule has 0 bridgehead atoms. The minimum atomic E-state index is -0.267. The molecule has 3 rings (SSSR count). The summed E-state index contributed by atoms with van der Waals surface area (Å²) >= 11 is 0. The lowest BCUT2D eigenvalue weighted by Crippen LogP contribution is -2.09. The Morgan fingerprint density at radius 3 is 2.90 bits per heavy atom. The zero-order valence-electron chi connectivity index (χ0n) is 11.7. The molecule has 106 valence electrons. The van der Waals surface area contributed by atoms with Crippen molar-refractivity contribution in [1.29, 1.82) is 0 Å². The van der Waals surface area contributed by atoms with Gasteiger partial charge in [-0.25, -0.2) is 9.37 Å². The van der Waals surface area contributed by atoms with Crippen LogP contribution in [-0.2, 0) is 17.6 Å². The van der Waals surface area contributed by atoms with Crippen molar-refractivity contribution in [2.75, 3.05) is 0 Å². The lowest BCUT2D eigenvalue weighted by Gasteiger charge is -2.06. The number of aryl methyl sites for hydroxylation is 1. The third-order valence-electron chi connectivity index (χ3n) is 3.53. The molecule has 21 heavy (non-hydrogen) atoms. The quantitative estimate of drug-likeness (QED) is 0.736. The molecule has 0 amide bonds. The molecule has 0 fully saturated rings. The first-order valence-electron chi connectivity index (χ1n) is 6.81. The Kier molecular flexibility index (Phi) is 3.52. The molecule has 0 aliphatic rings. The van der Waals surface area contributed by atoms with Crippen molar-refractivity contribution < 1.29 is 9.18 Å². The molecule has 0 saturated carbocycles. The van der Waals surface area contributed by atoms with Crippen molar-refractivity contribution >= 4 is 11.4 Å². The van der Waals surface area contributed by atoms with Gasteiger partial charge in [-0.2, -0.15) is 0 Å². The number of fused-ring (bicyclic) bond motifs is 1. The predicted molar refractivity (Wildman–Crippen MR) is 78.7 cm³/mol. The minimum Gasteiger partial charge on any atom is -0.304 e. The Labute approximate surface area is 122 Å². The van der Waals surface area contributed by atoms with Crippen molar-refractivity contribution in [3.8, 4) is 0 Å². The number of benzene rings is 1. The van der Waals surface area contributed by atoms with Gasteiger partial charge in [-0.1, -0.05) is 18.2 Å². The monoisotopic (exact) mass is 282 g/mol. The number of carbonyl (C=O) groups is 1. The zero-order valence-corrected chi connectivity index (χ0v) is 11.7. The third kappa shape index (κ3) is 2.84. The van der Waals surface area contributed by atoms with Crippen LogP contribution in [0, 0.1) is 12.7 Å². The number of rotatable bonds is 4. The van der Waals surface area contributed by atoms with Crippen LogP contribution < -0.4 is 0 Å². The van der Waals surface area contributed by atoms with Crippen LogP contribution in [0.2, 0.25) is 0 Å². The SMILES string of the molecule is Cc1ccc(CC(=O)Cc2cccc3nccn23)cc1F. The molecule has 3 aromatic rings. The molecule has 0 aliphatic heterocycles. The van der Waals surface area contributed by atoms with Crippen LogP contribution in [0.3, 0.4) is 0 Å². The molecule has 0 radical (unpaired) electrons. The second-order valence-corrected chi connectivity index (χ2v) is 5.15. The highest BCUT2D eigenvalue weighted by Gasteiger charge is 2.09. The van der Waals surface area contributed by atoms with Crippen molar-refractivity contribution in [3.05, 3.63) is 71.4 Å². The van der Waals surface area contributed by atoms with Gasteiger partial charge < -0.3 is 4.40 Å². The van der Waals surface area contributed by atoms with E-state index in [0.717, 1.165) is 11.3 Å². The lowest BCUT2D eigenvalue weighted by molar-refractivity contribution is -0.117. The van der Waals surface area contributed by atoms with Gasteiger partial charge >= 0.3 is 0 Å². The van der Waals surface area contributed by atoms with Crippen molar-refractivity contribution in [3.63, 3.8) is 0 Å². The highest BCUT2D eigenvalue weighted by atomic mass is 19.1. The van der Waals surface area contributed by atoms with Gasteiger partial charge in [-0.05, 0) is 36.2 Å². The normalized spacial score (nSPS) is 11.0. The number of pyridine rings is 1. The van der Waals surface area contributed by atoms with E-state index >= 15 is 0 Å². The molecule has 2 aromatic heterocycles. The fourth-order valence-corrected chi connectivity index (χ4v) is 2.39. The van der Waals surface area contributed by atoms with Gasteiger partial charge in [0.2, 0.25) is 0 Å². The first kappa shape index (κ1) is 13.5. The van der Waals surface area contributed by atoms with E-state index in [9.17, 15) is 9.18 Å². The van der Waals surface area contributed by atoms with Gasteiger partial charge in [-0.15, -0.1) is 0 Å². The summed E-state index contributed by atoms with van der Waals surface area (Å²) in [6.07, 6.45) is 4.09. The van der Waals surface area contributed by atoms with Crippen LogP contribution >= 0.6 is 0 Å². The highest BCUT2D eigenvalue weighted by Crippen LogP contribution is 2.12. The second-order valence-electron chi connectivity index (χ2n) is 5.15. The topological polar surface area (TPSA) is 34.4 Å². The van der Waals surface area contributed by atoms with E-state index in [1.807, 2.05) is 28.8 Å². The summed E-state index contributed by atoms with van der Waals surface area (Å²) in [5, 5.41) is 0. The van der Waals surface area contributed by atoms with Gasteiger partial charge in [0.25, 0.3) is 0 Å². The first-order chi connectivity index (χ1) is 10.1. The molecule has 0 aliphatic carbocycles. The molecular weight excluding hydrogens is 267 g/mol. The van der Waals surface area contributed by atoms with E-state index in [1.165, 1.54) is 6.07 Å². The number of imidazole rings is 1. The summed E-state index contributed by atoms with van der Waals surface area (Å²) in [7, 11) is 0. The van der Waals surface area contributed by atoms with Crippen LogP contribution in [0.1, 0.15) is 16.8 Å². The number of halogens is 1. The molecule has 2 heterocycles. The summed E-state index contributed by atoms with van der Waals surface area (Å²) in [5.41, 5.74) is 3.01. The summed E-state index contributed by atoms with van der Waals surface area (Å²) in [4.78, 5) is 16.4. The fourth-order valence-electron chi connectivity index (χ4n) is 2.39. The zero-order chi connectivity index (χ0) is 14.8. The number of ketones is 1. The largest absolute Gasteiger partial charge is 0.304 e. The van der Waals surface area contributed by atoms with Crippen LogP contribution in [0.4, 0.5) is 4.39 Å². The van der Waals surface area contributed by atoms with E-state index in [4.69, 9.17) is 0 Å². The molecule has 0 spiro atoms. The van der Waals surface area contributed by atoms with E-state index in [0.29, 0.717) is 17.5 Å². The van der Waals surface area contributed by atoms with Crippen LogP contribution in [-0.4, -0.2) is 15.2 Å². The predicted octanol–water partition coefficient (Wildman–Crippen LogP) is 3.14. The number of nitrogens with zero attached hydrogens (tertiary/aromatic N) is 2. The van der Waals surface area contributed by atoms with E-state index in [1.54, 1.807) is 25.3 Å².